The maximum absolute atomic E-state index is 12.4. The third-order valence-electron chi connectivity index (χ3n) is 4.78. The van der Waals surface area contributed by atoms with Gasteiger partial charge in [0.05, 0.1) is 11.8 Å². The van der Waals surface area contributed by atoms with E-state index in [1.54, 1.807) is 0 Å². The van der Waals surface area contributed by atoms with Crippen LogP contribution in [0.25, 0.3) is 0 Å². The van der Waals surface area contributed by atoms with Crippen LogP contribution < -0.4 is 10.6 Å². The average Bonchev–Trinajstić information content (AvgIpc) is 3.38. The van der Waals surface area contributed by atoms with Gasteiger partial charge in [-0.15, -0.1) is 0 Å². The number of ether oxygens (including phenoxy) is 1. The lowest BCUT2D eigenvalue weighted by atomic mass is 9.85. The maximum Gasteiger partial charge on any atom is 0.329 e. The molecule has 3 rings (SSSR count). The molecular formula is C17H21N3O6. The largest absolute Gasteiger partial charge is 0.454 e. The summed E-state index contributed by atoms with van der Waals surface area (Å²) in [4.78, 5) is 61.0. The lowest BCUT2D eigenvalue weighted by Gasteiger charge is -2.21. The zero-order chi connectivity index (χ0) is 18.8. The number of nitrogens with one attached hydrogen (secondary N) is 2. The van der Waals surface area contributed by atoms with Gasteiger partial charge in [0.1, 0.15) is 6.04 Å². The van der Waals surface area contributed by atoms with Crippen molar-refractivity contribution < 1.29 is 28.7 Å². The summed E-state index contributed by atoms with van der Waals surface area (Å²) in [7, 11) is 0. The maximum atomic E-state index is 12.4. The topological polar surface area (TPSA) is 122 Å². The number of allylic oxidation sites excluding steroid dienone is 2. The number of hydrogen-bond donors (Lipinski definition) is 2. The predicted octanol–water partition coefficient (Wildman–Crippen LogP) is -0.142. The molecule has 26 heavy (non-hydrogen) atoms. The Hall–Kier alpha value is -2.71. The molecule has 0 aromatic carbocycles. The minimum atomic E-state index is -1.12. The van der Waals surface area contributed by atoms with E-state index in [9.17, 15) is 24.0 Å². The molecule has 0 unspecified atom stereocenters. The number of fused-ring (bicyclic) bond motifs is 1. The van der Waals surface area contributed by atoms with Gasteiger partial charge >= 0.3 is 12.0 Å². The Labute approximate surface area is 150 Å². The number of carbonyl (C=O) groups excluding carboxylic acids is 5. The number of amides is 5. The summed E-state index contributed by atoms with van der Waals surface area (Å²) >= 11 is 0. The summed E-state index contributed by atoms with van der Waals surface area (Å²) in [5, 5.41) is 4.62. The van der Waals surface area contributed by atoms with Crippen LogP contribution in [0.2, 0.25) is 0 Å². The van der Waals surface area contributed by atoms with Crippen LogP contribution in [-0.2, 0) is 23.9 Å². The number of hydrogen-bond acceptors (Lipinski definition) is 6. The molecule has 0 aromatic rings. The van der Waals surface area contributed by atoms with Gasteiger partial charge in [-0.3, -0.25) is 24.6 Å². The lowest BCUT2D eigenvalue weighted by Crippen LogP contribution is -2.46. The highest BCUT2D eigenvalue weighted by atomic mass is 16.5. The van der Waals surface area contributed by atoms with Crippen molar-refractivity contribution in [2.24, 2.45) is 11.8 Å². The van der Waals surface area contributed by atoms with Crippen molar-refractivity contribution in [3.05, 3.63) is 12.2 Å². The van der Waals surface area contributed by atoms with Crippen molar-refractivity contribution in [3.63, 3.8) is 0 Å². The van der Waals surface area contributed by atoms with Crippen LogP contribution in [0.1, 0.15) is 32.6 Å². The van der Waals surface area contributed by atoms with Gasteiger partial charge in [0.2, 0.25) is 11.8 Å². The van der Waals surface area contributed by atoms with E-state index in [4.69, 9.17) is 4.74 Å². The van der Waals surface area contributed by atoms with Gasteiger partial charge in [0, 0.05) is 6.04 Å². The summed E-state index contributed by atoms with van der Waals surface area (Å²) in [6.07, 6.45) is 6.43. The highest BCUT2D eigenvalue weighted by molar-refractivity contribution is 6.08. The standard InChI is InChI=1S/C17H21N3O6/c1-9(20-14(22)11-4-2-3-5-12(11)15(20)23)16(24)26-8-13(21)19-17(25)18-10-6-7-10/h2-3,9-12H,4-8H2,1H3,(H2,18,19,21,25)/t9-,11-,12+/m0/s1. The summed E-state index contributed by atoms with van der Waals surface area (Å²) in [6, 6.07) is -1.66. The van der Waals surface area contributed by atoms with Crippen molar-refractivity contribution in [3.8, 4) is 0 Å². The molecule has 1 saturated heterocycles. The first kappa shape index (κ1) is 18.1. The zero-order valence-electron chi connectivity index (χ0n) is 14.4. The van der Waals surface area contributed by atoms with Gasteiger partial charge in [-0.05, 0) is 32.6 Å². The van der Waals surface area contributed by atoms with Gasteiger partial charge in [0.15, 0.2) is 6.61 Å². The van der Waals surface area contributed by atoms with Crippen molar-refractivity contribution in [1.82, 2.24) is 15.5 Å². The Balaban J connectivity index is 1.49. The smallest absolute Gasteiger partial charge is 0.329 e. The van der Waals surface area contributed by atoms with Crippen molar-refractivity contribution in [2.75, 3.05) is 6.61 Å². The Kier molecular flexibility index (Phi) is 5.06. The molecule has 9 heteroatoms. The molecule has 2 fully saturated rings. The fourth-order valence-corrected chi connectivity index (χ4v) is 3.18. The van der Waals surface area contributed by atoms with Crippen LogP contribution in [-0.4, -0.2) is 53.3 Å². The fraction of sp³-hybridized carbons (Fsp3) is 0.588. The molecule has 0 bridgehead atoms. The first-order valence-corrected chi connectivity index (χ1v) is 8.67. The molecule has 0 aromatic heterocycles. The Morgan fingerprint density at radius 1 is 1.15 bits per heavy atom. The molecule has 1 saturated carbocycles. The quantitative estimate of drug-likeness (QED) is 0.398. The third kappa shape index (κ3) is 3.76. The van der Waals surface area contributed by atoms with E-state index in [1.165, 1.54) is 6.92 Å². The Bertz CT molecular complexity index is 658. The molecule has 3 aliphatic rings. The first-order valence-electron chi connectivity index (χ1n) is 8.67. The van der Waals surface area contributed by atoms with Gasteiger partial charge in [-0.25, -0.2) is 9.59 Å². The van der Waals surface area contributed by atoms with Gasteiger partial charge in [0.25, 0.3) is 5.91 Å². The third-order valence-corrected chi connectivity index (χ3v) is 4.78. The highest BCUT2D eigenvalue weighted by Crippen LogP contribution is 2.36. The van der Waals surface area contributed by atoms with Gasteiger partial charge in [-0.1, -0.05) is 12.2 Å². The molecule has 0 radical (unpaired) electrons. The minimum Gasteiger partial charge on any atom is -0.454 e. The van der Waals surface area contributed by atoms with E-state index in [-0.39, 0.29) is 17.9 Å². The first-order chi connectivity index (χ1) is 12.4. The predicted molar refractivity (Wildman–Crippen MR) is 87.3 cm³/mol. The minimum absolute atomic E-state index is 0.0931. The molecule has 1 aliphatic heterocycles. The zero-order valence-corrected chi connectivity index (χ0v) is 14.4. The van der Waals surface area contributed by atoms with Crippen LogP contribution in [0, 0.1) is 11.8 Å². The summed E-state index contributed by atoms with van der Waals surface area (Å²) in [5.41, 5.74) is 0. The summed E-state index contributed by atoms with van der Waals surface area (Å²) in [6.45, 7) is 0.729. The van der Waals surface area contributed by atoms with Crippen LogP contribution >= 0.6 is 0 Å². The lowest BCUT2D eigenvalue weighted by molar-refractivity contribution is -0.159. The second-order valence-electron chi connectivity index (χ2n) is 6.78. The van der Waals surface area contributed by atoms with Crippen molar-refractivity contribution in [1.29, 1.82) is 0 Å². The molecule has 2 N–H and O–H groups in total. The number of carbonyl (C=O) groups is 5. The molecular weight excluding hydrogens is 342 g/mol. The van der Waals surface area contributed by atoms with Crippen LogP contribution in [0.15, 0.2) is 12.2 Å². The second-order valence-corrected chi connectivity index (χ2v) is 6.78. The molecule has 2 aliphatic carbocycles. The van der Waals surface area contributed by atoms with Crippen molar-refractivity contribution >= 4 is 29.7 Å². The van der Waals surface area contributed by atoms with Crippen molar-refractivity contribution in [2.45, 2.75) is 44.7 Å². The van der Waals surface area contributed by atoms with Crippen LogP contribution in [0.3, 0.4) is 0 Å². The molecule has 9 nitrogen and oxygen atoms in total. The monoisotopic (exact) mass is 363 g/mol. The molecule has 1 heterocycles. The molecule has 5 amide bonds. The number of imide groups is 2. The van der Waals surface area contributed by atoms with E-state index < -0.39 is 42.4 Å². The van der Waals surface area contributed by atoms with Crippen LogP contribution in [0.4, 0.5) is 4.79 Å². The van der Waals surface area contributed by atoms with E-state index in [2.05, 4.69) is 10.6 Å². The highest BCUT2D eigenvalue weighted by Gasteiger charge is 2.50. The number of rotatable bonds is 5. The number of urea groups is 1. The summed E-state index contributed by atoms with van der Waals surface area (Å²) in [5.74, 6) is -3.28. The normalized spacial score (nSPS) is 25.5. The summed E-state index contributed by atoms with van der Waals surface area (Å²) < 4.78 is 4.86. The van der Waals surface area contributed by atoms with E-state index in [0.29, 0.717) is 12.8 Å². The number of likely N-dealkylation sites (tertiary alicyclic amines) is 1. The number of esters is 1. The average molecular weight is 363 g/mol. The number of nitrogens with zero attached hydrogens (tertiary/aromatic N) is 1. The molecule has 0 spiro atoms. The molecule has 3 atom stereocenters. The van der Waals surface area contributed by atoms with E-state index in [1.807, 2.05) is 12.2 Å². The van der Waals surface area contributed by atoms with E-state index in [0.717, 1.165) is 17.7 Å². The second kappa shape index (κ2) is 7.27. The molecule has 140 valence electrons. The fourth-order valence-electron chi connectivity index (χ4n) is 3.18. The Morgan fingerprint density at radius 3 is 2.27 bits per heavy atom. The van der Waals surface area contributed by atoms with E-state index >= 15 is 0 Å². The van der Waals surface area contributed by atoms with Gasteiger partial charge < -0.3 is 10.1 Å². The van der Waals surface area contributed by atoms with Crippen LogP contribution in [0.5, 0.6) is 0 Å². The van der Waals surface area contributed by atoms with Gasteiger partial charge in [-0.2, -0.15) is 0 Å². The SMILES string of the molecule is C[C@@H](C(=O)OCC(=O)NC(=O)NC1CC1)N1C(=O)[C@H]2CC=CC[C@H]2C1=O. The Morgan fingerprint density at radius 2 is 1.73 bits per heavy atom.